The number of hydrogen-bond acceptors (Lipinski definition) is 5. The SMILES string of the molecule is Cc1ccc(NC(=O)/C=N/OCC(=O)N(CCC#N)c2cccc(C(F)(F)F)c2)cc1. The fourth-order valence-electron chi connectivity index (χ4n) is 2.48. The quantitative estimate of drug-likeness (QED) is 0.506. The zero-order valence-electron chi connectivity index (χ0n) is 16.5. The number of halogens is 3. The van der Waals surface area contributed by atoms with E-state index in [0.29, 0.717) is 5.69 Å². The van der Waals surface area contributed by atoms with Crippen LogP contribution >= 0.6 is 0 Å². The molecule has 0 saturated carbocycles. The molecule has 0 aliphatic rings. The highest BCUT2D eigenvalue weighted by atomic mass is 19.4. The highest BCUT2D eigenvalue weighted by molar-refractivity contribution is 6.31. The van der Waals surface area contributed by atoms with Gasteiger partial charge in [-0.25, -0.2) is 0 Å². The maximum absolute atomic E-state index is 12.9. The number of nitriles is 1. The topological polar surface area (TPSA) is 94.8 Å². The van der Waals surface area contributed by atoms with E-state index in [1.165, 1.54) is 12.1 Å². The number of nitrogens with one attached hydrogen (secondary N) is 1. The lowest BCUT2D eigenvalue weighted by atomic mass is 10.1. The van der Waals surface area contributed by atoms with Crippen molar-refractivity contribution in [1.82, 2.24) is 0 Å². The predicted octanol–water partition coefficient (Wildman–Crippen LogP) is 3.90. The smallest absolute Gasteiger partial charge is 0.385 e. The Balaban J connectivity index is 1.98. The number of rotatable bonds is 8. The summed E-state index contributed by atoms with van der Waals surface area (Å²) < 4.78 is 38.8. The Morgan fingerprint density at radius 3 is 2.58 bits per heavy atom. The van der Waals surface area contributed by atoms with Crippen LogP contribution in [0.25, 0.3) is 0 Å². The van der Waals surface area contributed by atoms with Gasteiger partial charge in [-0.1, -0.05) is 28.9 Å². The minimum absolute atomic E-state index is 0.0280. The molecule has 1 N–H and O–H groups in total. The number of nitrogens with zero attached hydrogens (tertiary/aromatic N) is 3. The van der Waals surface area contributed by atoms with Gasteiger partial charge in [-0.05, 0) is 37.3 Å². The van der Waals surface area contributed by atoms with Gasteiger partial charge in [0, 0.05) is 17.9 Å². The molecule has 2 rings (SSSR count). The summed E-state index contributed by atoms with van der Waals surface area (Å²) in [7, 11) is 0. The summed E-state index contributed by atoms with van der Waals surface area (Å²) in [5.74, 6) is -1.30. The Morgan fingerprint density at radius 2 is 1.94 bits per heavy atom. The van der Waals surface area contributed by atoms with Crippen LogP contribution in [-0.4, -0.2) is 31.2 Å². The highest BCUT2D eigenvalue weighted by Crippen LogP contribution is 2.31. The van der Waals surface area contributed by atoms with Crippen LogP contribution in [0.15, 0.2) is 53.7 Å². The van der Waals surface area contributed by atoms with Gasteiger partial charge in [0.25, 0.3) is 11.8 Å². The van der Waals surface area contributed by atoms with Crippen LogP contribution in [0.2, 0.25) is 0 Å². The van der Waals surface area contributed by atoms with Crippen molar-refractivity contribution >= 4 is 29.4 Å². The zero-order valence-corrected chi connectivity index (χ0v) is 16.5. The Hall–Kier alpha value is -3.87. The summed E-state index contributed by atoms with van der Waals surface area (Å²) in [5.41, 5.74) is 0.617. The van der Waals surface area contributed by atoms with Crippen LogP contribution < -0.4 is 10.2 Å². The van der Waals surface area contributed by atoms with Crippen LogP contribution in [0.3, 0.4) is 0 Å². The molecule has 0 bridgehead atoms. The van der Waals surface area contributed by atoms with E-state index in [1.807, 2.05) is 25.1 Å². The summed E-state index contributed by atoms with van der Waals surface area (Å²) >= 11 is 0. The molecule has 0 saturated heterocycles. The van der Waals surface area contributed by atoms with E-state index in [0.717, 1.165) is 28.8 Å². The molecule has 31 heavy (non-hydrogen) atoms. The molecule has 0 unspecified atom stereocenters. The number of aryl methyl sites for hydroxylation is 1. The van der Waals surface area contributed by atoms with Crippen LogP contribution in [-0.2, 0) is 20.6 Å². The molecular formula is C21H19F3N4O3. The molecule has 0 aliphatic carbocycles. The van der Waals surface area contributed by atoms with Crippen molar-refractivity contribution in [3.8, 4) is 6.07 Å². The molecular weight excluding hydrogens is 413 g/mol. The van der Waals surface area contributed by atoms with E-state index in [2.05, 4.69) is 10.5 Å². The van der Waals surface area contributed by atoms with E-state index in [4.69, 9.17) is 10.1 Å². The van der Waals surface area contributed by atoms with Gasteiger partial charge in [-0.3, -0.25) is 9.59 Å². The van der Waals surface area contributed by atoms with E-state index < -0.39 is 30.2 Å². The van der Waals surface area contributed by atoms with Crippen LogP contribution in [0.4, 0.5) is 24.5 Å². The fourth-order valence-corrected chi connectivity index (χ4v) is 2.48. The van der Waals surface area contributed by atoms with Gasteiger partial charge in [0.05, 0.1) is 18.1 Å². The summed E-state index contributed by atoms with van der Waals surface area (Å²) in [6.45, 7) is 1.14. The van der Waals surface area contributed by atoms with Crippen molar-refractivity contribution in [2.75, 3.05) is 23.4 Å². The third kappa shape index (κ3) is 7.47. The average Bonchev–Trinajstić information content (AvgIpc) is 2.73. The monoisotopic (exact) mass is 432 g/mol. The van der Waals surface area contributed by atoms with E-state index in [-0.39, 0.29) is 18.7 Å². The second-order valence-electron chi connectivity index (χ2n) is 6.36. The lowest BCUT2D eigenvalue weighted by Crippen LogP contribution is -2.34. The van der Waals surface area contributed by atoms with Crippen molar-refractivity contribution in [1.29, 1.82) is 5.26 Å². The zero-order chi connectivity index (χ0) is 22.9. The van der Waals surface area contributed by atoms with Gasteiger partial charge in [0.2, 0.25) is 0 Å². The van der Waals surface area contributed by atoms with Gasteiger partial charge in [-0.2, -0.15) is 18.4 Å². The number of benzene rings is 2. The molecule has 0 radical (unpaired) electrons. The van der Waals surface area contributed by atoms with Gasteiger partial charge in [0.15, 0.2) is 6.61 Å². The van der Waals surface area contributed by atoms with E-state index in [1.54, 1.807) is 12.1 Å². The summed E-state index contributed by atoms with van der Waals surface area (Å²) in [6.07, 6.45) is -3.84. The Labute approximate surface area is 176 Å². The first-order chi connectivity index (χ1) is 14.7. The minimum Gasteiger partial charge on any atom is -0.385 e. The number of oxime groups is 1. The van der Waals surface area contributed by atoms with Crippen LogP contribution in [0.1, 0.15) is 17.5 Å². The minimum atomic E-state index is -4.58. The van der Waals surface area contributed by atoms with Crippen molar-refractivity contribution in [2.24, 2.45) is 5.16 Å². The molecule has 10 heteroatoms. The maximum atomic E-state index is 12.9. The first-order valence-corrected chi connectivity index (χ1v) is 9.08. The number of hydrogen-bond donors (Lipinski definition) is 1. The first kappa shape index (κ1) is 23.4. The van der Waals surface area contributed by atoms with Crippen LogP contribution in [0.5, 0.6) is 0 Å². The molecule has 162 valence electrons. The normalized spacial score (nSPS) is 11.1. The summed E-state index contributed by atoms with van der Waals surface area (Å²) in [6, 6.07) is 13.0. The summed E-state index contributed by atoms with van der Waals surface area (Å²) in [4.78, 5) is 30.0. The molecule has 2 aromatic rings. The lowest BCUT2D eigenvalue weighted by molar-refractivity contribution is -0.137. The first-order valence-electron chi connectivity index (χ1n) is 9.08. The number of anilines is 2. The van der Waals surface area contributed by atoms with Crippen molar-refractivity contribution < 1.29 is 27.6 Å². The fraction of sp³-hybridized carbons (Fsp3) is 0.238. The molecule has 0 aromatic heterocycles. The number of carbonyl (C=O) groups excluding carboxylic acids is 2. The Kier molecular flexibility index (Phi) is 8.14. The number of carbonyl (C=O) groups is 2. The predicted molar refractivity (Wildman–Crippen MR) is 108 cm³/mol. The second kappa shape index (κ2) is 10.8. The molecule has 2 aromatic carbocycles. The van der Waals surface area contributed by atoms with Crippen molar-refractivity contribution in [3.05, 3.63) is 59.7 Å². The molecule has 0 fully saturated rings. The van der Waals surface area contributed by atoms with Crippen molar-refractivity contribution in [2.45, 2.75) is 19.5 Å². The van der Waals surface area contributed by atoms with Crippen LogP contribution in [0, 0.1) is 18.3 Å². The highest BCUT2D eigenvalue weighted by Gasteiger charge is 2.31. The van der Waals surface area contributed by atoms with Crippen molar-refractivity contribution in [3.63, 3.8) is 0 Å². The summed E-state index contributed by atoms with van der Waals surface area (Å²) in [5, 5.41) is 14.7. The van der Waals surface area contributed by atoms with Gasteiger partial charge in [-0.15, -0.1) is 0 Å². The van der Waals surface area contributed by atoms with Gasteiger partial charge in [0.1, 0.15) is 6.21 Å². The molecule has 0 atom stereocenters. The Morgan fingerprint density at radius 1 is 1.23 bits per heavy atom. The third-order valence-electron chi connectivity index (χ3n) is 3.99. The van der Waals surface area contributed by atoms with Gasteiger partial charge < -0.3 is 15.1 Å². The molecule has 2 amide bonds. The molecule has 0 spiro atoms. The van der Waals surface area contributed by atoms with E-state index in [9.17, 15) is 22.8 Å². The Bertz CT molecular complexity index is 983. The van der Waals surface area contributed by atoms with E-state index >= 15 is 0 Å². The standard InChI is InChI=1S/C21H19F3N4O3/c1-15-6-8-17(9-7-15)27-19(29)13-26-31-14-20(30)28(11-3-10-25)18-5-2-4-16(12-18)21(22,23)24/h2,4-9,12-13H,3,11,14H2,1H3,(H,27,29)/b26-13+. The largest absolute Gasteiger partial charge is 0.416 e. The van der Waals surface area contributed by atoms with Gasteiger partial charge >= 0.3 is 6.18 Å². The molecule has 0 aliphatic heterocycles. The lowest BCUT2D eigenvalue weighted by Gasteiger charge is -2.22. The maximum Gasteiger partial charge on any atom is 0.416 e. The molecule has 7 nitrogen and oxygen atoms in total. The molecule has 0 heterocycles. The number of alkyl halides is 3. The second-order valence-corrected chi connectivity index (χ2v) is 6.36. The number of amides is 2. The third-order valence-corrected chi connectivity index (χ3v) is 3.99. The average molecular weight is 432 g/mol.